The van der Waals surface area contributed by atoms with Crippen LogP contribution < -0.4 is 5.32 Å². The number of hydrogen-bond donors (Lipinski definition) is 1. The van der Waals surface area contributed by atoms with Crippen LogP contribution >= 0.6 is 34.7 Å². The van der Waals surface area contributed by atoms with E-state index in [9.17, 15) is 4.79 Å². The Morgan fingerprint density at radius 2 is 2.46 bits per heavy atom. The van der Waals surface area contributed by atoms with Crippen molar-refractivity contribution >= 4 is 45.7 Å². The fraction of sp³-hybridized carbons (Fsp3) is 0.500. The highest BCUT2D eigenvalue weighted by atomic mass is 35.5. The Hall–Kier alpha value is -0.330. The van der Waals surface area contributed by atoms with Crippen molar-refractivity contribution < 1.29 is 4.79 Å². The van der Waals surface area contributed by atoms with E-state index < -0.39 is 0 Å². The van der Waals surface area contributed by atoms with Crippen LogP contribution in [0.5, 0.6) is 0 Å². The van der Waals surface area contributed by atoms with Gasteiger partial charge in [-0.15, -0.1) is 21.8 Å². The number of nitrogens with zero attached hydrogens (tertiary/aromatic N) is 2. The predicted molar refractivity (Wildman–Crippen MR) is 55.7 cm³/mol. The Labute approximate surface area is 89.1 Å². The summed E-state index contributed by atoms with van der Waals surface area (Å²) < 4.78 is 0.834. The second kappa shape index (κ2) is 5.41. The Morgan fingerprint density at radius 3 is 3.00 bits per heavy atom. The molecule has 0 radical (unpaired) electrons. The SMILES string of the molecule is CSc1nnc(NC(=O)CCCl)s1. The quantitative estimate of drug-likeness (QED) is 0.493. The van der Waals surface area contributed by atoms with Crippen molar-refractivity contribution in [1.29, 1.82) is 0 Å². The number of carbonyl (C=O) groups excluding carboxylic acids is 1. The predicted octanol–water partition coefficient (Wildman–Crippen LogP) is 1.83. The van der Waals surface area contributed by atoms with Crippen molar-refractivity contribution in [2.75, 3.05) is 17.5 Å². The maximum atomic E-state index is 11.0. The lowest BCUT2D eigenvalue weighted by molar-refractivity contribution is -0.115. The maximum Gasteiger partial charge on any atom is 0.227 e. The molecule has 1 aromatic heterocycles. The Balaban J connectivity index is 2.49. The van der Waals surface area contributed by atoms with Crippen LogP contribution in [-0.4, -0.2) is 28.2 Å². The molecule has 0 atom stereocenters. The van der Waals surface area contributed by atoms with Crippen molar-refractivity contribution in [1.82, 2.24) is 10.2 Å². The third-order valence-electron chi connectivity index (χ3n) is 1.15. The molecule has 0 aromatic carbocycles. The highest BCUT2D eigenvalue weighted by Gasteiger charge is 2.06. The minimum atomic E-state index is -0.126. The average Bonchev–Trinajstić information content (AvgIpc) is 2.52. The first-order chi connectivity index (χ1) is 6.26. The van der Waals surface area contributed by atoms with E-state index >= 15 is 0 Å². The van der Waals surface area contributed by atoms with E-state index in [4.69, 9.17) is 11.6 Å². The molecular formula is C6H8ClN3OS2. The molecule has 7 heteroatoms. The number of alkyl halides is 1. The van der Waals surface area contributed by atoms with E-state index in [1.807, 2.05) is 6.26 Å². The minimum Gasteiger partial charge on any atom is -0.300 e. The first-order valence-electron chi connectivity index (χ1n) is 3.49. The van der Waals surface area contributed by atoms with Crippen LogP contribution in [0.2, 0.25) is 0 Å². The molecule has 0 spiro atoms. The summed E-state index contributed by atoms with van der Waals surface area (Å²) in [6.07, 6.45) is 2.21. The van der Waals surface area contributed by atoms with Crippen molar-refractivity contribution in [3.63, 3.8) is 0 Å². The van der Waals surface area contributed by atoms with Gasteiger partial charge in [-0.3, -0.25) is 4.79 Å². The number of anilines is 1. The van der Waals surface area contributed by atoms with Gasteiger partial charge in [-0.1, -0.05) is 23.1 Å². The molecule has 0 aliphatic carbocycles. The molecule has 1 amide bonds. The Bertz CT molecular complexity index is 291. The number of rotatable bonds is 4. The molecule has 0 saturated carbocycles. The molecule has 13 heavy (non-hydrogen) atoms. The van der Waals surface area contributed by atoms with Gasteiger partial charge >= 0.3 is 0 Å². The zero-order chi connectivity index (χ0) is 9.68. The molecule has 0 aliphatic rings. The lowest BCUT2D eigenvalue weighted by Crippen LogP contribution is -2.11. The van der Waals surface area contributed by atoms with Gasteiger partial charge in [0.15, 0.2) is 4.34 Å². The Morgan fingerprint density at radius 1 is 1.69 bits per heavy atom. The van der Waals surface area contributed by atoms with Crippen molar-refractivity contribution in [3.8, 4) is 0 Å². The number of thioether (sulfide) groups is 1. The van der Waals surface area contributed by atoms with Gasteiger partial charge in [-0.25, -0.2) is 0 Å². The van der Waals surface area contributed by atoms with E-state index in [2.05, 4.69) is 15.5 Å². The van der Waals surface area contributed by atoms with Gasteiger partial charge in [0, 0.05) is 12.3 Å². The fourth-order valence-corrected chi connectivity index (χ4v) is 1.97. The second-order valence-electron chi connectivity index (χ2n) is 2.06. The standard InChI is InChI=1S/C6H8ClN3OS2/c1-12-6-10-9-5(13-6)8-4(11)2-3-7/h2-3H2,1H3,(H,8,9,11). The maximum absolute atomic E-state index is 11.0. The Kier molecular flexibility index (Phi) is 4.47. The molecule has 0 saturated heterocycles. The van der Waals surface area contributed by atoms with E-state index in [1.165, 1.54) is 23.1 Å². The van der Waals surface area contributed by atoms with Crippen LogP contribution in [0.25, 0.3) is 0 Å². The van der Waals surface area contributed by atoms with E-state index in [1.54, 1.807) is 0 Å². The molecule has 1 heterocycles. The zero-order valence-electron chi connectivity index (χ0n) is 6.91. The topological polar surface area (TPSA) is 54.9 Å². The number of carbonyl (C=O) groups is 1. The summed E-state index contributed by atoms with van der Waals surface area (Å²) in [5, 5.41) is 10.7. The molecule has 0 bridgehead atoms. The van der Waals surface area contributed by atoms with Crippen LogP contribution in [0.4, 0.5) is 5.13 Å². The molecule has 0 fully saturated rings. The molecule has 72 valence electrons. The molecule has 1 N–H and O–H groups in total. The smallest absolute Gasteiger partial charge is 0.227 e. The van der Waals surface area contributed by atoms with Gasteiger partial charge in [-0.2, -0.15) is 0 Å². The van der Waals surface area contributed by atoms with Crippen LogP contribution in [0.3, 0.4) is 0 Å². The number of halogens is 1. The normalized spacial score (nSPS) is 10.0. The molecule has 1 aromatic rings. The van der Waals surface area contributed by atoms with Crippen LogP contribution in [0.15, 0.2) is 4.34 Å². The van der Waals surface area contributed by atoms with Crippen molar-refractivity contribution in [2.24, 2.45) is 0 Å². The van der Waals surface area contributed by atoms with E-state index in [0.29, 0.717) is 17.4 Å². The van der Waals surface area contributed by atoms with Gasteiger partial charge in [-0.05, 0) is 6.26 Å². The van der Waals surface area contributed by atoms with Gasteiger partial charge in [0.25, 0.3) is 0 Å². The highest BCUT2D eigenvalue weighted by Crippen LogP contribution is 2.22. The summed E-state index contributed by atoms with van der Waals surface area (Å²) >= 11 is 8.25. The number of amides is 1. The number of nitrogens with one attached hydrogen (secondary N) is 1. The fourth-order valence-electron chi connectivity index (χ4n) is 0.610. The third-order valence-corrected chi connectivity index (χ3v) is 3.15. The first kappa shape index (κ1) is 10.7. The third kappa shape index (κ3) is 3.50. The summed E-state index contributed by atoms with van der Waals surface area (Å²) in [5.41, 5.74) is 0. The summed E-state index contributed by atoms with van der Waals surface area (Å²) in [6.45, 7) is 0. The van der Waals surface area contributed by atoms with Crippen molar-refractivity contribution in [2.45, 2.75) is 10.8 Å². The molecule has 1 rings (SSSR count). The molecule has 0 aliphatic heterocycles. The van der Waals surface area contributed by atoms with Gasteiger partial charge in [0.05, 0.1) is 0 Å². The number of aromatic nitrogens is 2. The summed E-state index contributed by atoms with van der Waals surface area (Å²) in [5.74, 6) is 0.193. The van der Waals surface area contributed by atoms with Crippen LogP contribution in [0, 0.1) is 0 Å². The lowest BCUT2D eigenvalue weighted by atomic mass is 10.5. The minimum absolute atomic E-state index is 0.126. The van der Waals surface area contributed by atoms with E-state index in [0.717, 1.165) is 4.34 Å². The molecular weight excluding hydrogens is 230 g/mol. The summed E-state index contributed by atoms with van der Waals surface area (Å²) in [4.78, 5) is 11.0. The first-order valence-corrected chi connectivity index (χ1v) is 6.07. The second-order valence-corrected chi connectivity index (χ2v) is 4.47. The lowest BCUT2D eigenvalue weighted by Gasteiger charge is -1.95. The average molecular weight is 238 g/mol. The van der Waals surface area contributed by atoms with Gasteiger partial charge in [0.1, 0.15) is 0 Å². The van der Waals surface area contributed by atoms with Crippen LogP contribution in [-0.2, 0) is 4.79 Å². The highest BCUT2D eigenvalue weighted by molar-refractivity contribution is 8.00. The van der Waals surface area contributed by atoms with Crippen molar-refractivity contribution in [3.05, 3.63) is 0 Å². The zero-order valence-corrected chi connectivity index (χ0v) is 9.30. The monoisotopic (exact) mass is 237 g/mol. The van der Waals surface area contributed by atoms with E-state index in [-0.39, 0.29) is 5.91 Å². The number of hydrogen-bond acceptors (Lipinski definition) is 5. The van der Waals surface area contributed by atoms with Gasteiger partial charge < -0.3 is 5.32 Å². The largest absolute Gasteiger partial charge is 0.300 e. The summed E-state index contributed by atoms with van der Waals surface area (Å²) in [7, 11) is 0. The molecule has 4 nitrogen and oxygen atoms in total. The molecule has 0 unspecified atom stereocenters. The van der Waals surface area contributed by atoms with Crippen LogP contribution in [0.1, 0.15) is 6.42 Å². The van der Waals surface area contributed by atoms with Gasteiger partial charge in [0.2, 0.25) is 11.0 Å². The summed E-state index contributed by atoms with van der Waals surface area (Å²) in [6, 6.07) is 0.